The van der Waals surface area contributed by atoms with E-state index in [1.165, 1.54) is 25.7 Å². The van der Waals surface area contributed by atoms with Crippen LogP contribution in [-0.4, -0.2) is 29.4 Å². The molecule has 0 aliphatic carbocycles. The van der Waals surface area contributed by atoms with E-state index in [0.29, 0.717) is 12.8 Å². The van der Waals surface area contributed by atoms with Crippen LogP contribution in [0.2, 0.25) is 0 Å². The Hall–Kier alpha value is 0.870. The maximum Gasteiger partial charge on any atom is 1.00 e. The molecular formula is C15H31NaO4S. The SMILES string of the molecule is CCCCCCCCC(O)CC(CCCC)S(=O)(=O)[O-].[Na+]. The molecule has 0 saturated heterocycles. The minimum Gasteiger partial charge on any atom is -0.748 e. The molecule has 2 unspecified atom stereocenters. The van der Waals surface area contributed by atoms with Crippen molar-refractivity contribution < 1.29 is 47.6 Å². The van der Waals surface area contributed by atoms with E-state index in [4.69, 9.17) is 0 Å². The van der Waals surface area contributed by atoms with Crippen molar-refractivity contribution in [3.05, 3.63) is 0 Å². The second-order valence-electron chi connectivity index (χ2n) is 5.70. The van der Waals surface area contributed by atoms with Gasteiger partial charge in [-0.15, -0.1) is 0 Å². The molecule has 1 N–H and O–H groups in total. The molecule has 0 radical (unpaired) electrons. The monoisotopic (exact) mass is 330 g/mol. The molecule has 0 fully saturated rings. The van der Waals surface area contributed by atoms with Crippen LogP contribution in [0.15, 0.2) is 0 Å². The second kappa shape index (κ2) is 14.5. The van der Waals surface area contributed by atoms with Crippen molar-refractivity contribution in [2.24, 2.45) is 0 Å². The molecule has 0 saturated carbocycles. The summed E-state index contributed by atoms with van der Waals surface area (Å²) in [5.74, 6) is 0. The number of aliphatic hydroxyl groups is 1. The van der Waals surface area contributed by atoms with Crippen molar-refractivity contribution in [2.75, 3.05) is 0 Å². The first-order valence-corrected chi connectivity index (χ1v) is 9.51. The molecule has 0 aromatic heterocycles. The van der Waals surface area contributed by atoms with Crippen LogP contribution in [0.4, 0.5) is 0 Å². The Bertz CT molecular complexity index is 320. The summed E-state index contributed by atoms with van der Waals surface area (Å²) in [6.45, 7) is 4.13. The van der Waals surface area contributed by atoms with Gasteiger partial charge >= 0.3 is 29.6 Å². The fourth-order valence-electron chi connectivity index (χ4n) is 2.39. The maximum absolute atomic E-state index is 11.2. The van der Waals surface area contributed by atoms with Crippen molar-refractivity contribution >= 4 is 10.1 Å². The van der Waals surface area contributed by atoms with E-state index in [-0.39, 0.29) is 36.0 Å². The molecule has 0 aromatic rings. The minimum atomic E-state index is -4.28. The zero-order valence-electron chi connectivity index (χ0n) is 14.0. The summed E-state index contributed by atoms with van der Waals surface area (Å²) in [7, 11) is -4.28. The zero-order chi connectivity index (χ0) is 15.4. The Morgan fingerprint density at radius 1 is 0.905 bits per heavy atom. The average Bonchev–Trinajstić information content (AvgIpc) is 2.37. The van der Waals surface area contributed by atoms with Gasteiger partial charge in [0, 0.05) is 0 Å². The fraction of sp³-hybridized carbons (Fsp3) is 1.00. The first kappa shape index (κ1) is 24.1. The largest absolute Gasteiger partial charge is 1.00 e. The Morgan fingerprint density at radius 2 is 1.43 bits per heavy atom. The predicted octanol–water partition coefficient (Wildman–Crippen LogP) is 0.596. The summed E-state index contributed by atoms with van der Waals surface area (Å²) in [6, 6.07) is 0. The van der Waals surface area contributed by atoms with Gasteiger partial charge in [0.25, 0.3) is 0 Å². The summed E-state index contributed by atoms with van der Waals surface area (Å²) < 4.78 is 33.5. The summed E-state index contributed by atoms with van der Waals surface area (Å²) in [4.78, 5) is 0. The number of hydrogen-bond donors (Lipinski definition) is 1. The van der Waals surface area contributed by atoms with Gasteiger partial charge in [0.1, 0.15) is 0 Å². The van der Waals surface area contributed by atoms with E-state index in [0.717, 1.165) is 25.7 Å². The van der Waals surface area contributed by atoms with E-state index < -0.39 is 21.5 Å². The first-order chi connectivity index (χ1) is 9.41. The van der Waals surface area contributed by atoms with E-state index in [1.54, 1.807) is 0 Å². The summed E-state index contributed by atoms with van der Waals surface area (Å²) in [5, 5.41) is 8.96. The molecule has 0 rings (SSSR count). The molecule has 0 spiro atoms. The van der Waals surface area contributed by atoms with Gasteiger partial charge in [0.05, 0.1) is 21.5 Å². The van der Waals surface area contributed by atoms with E-state index in [1.807, 2.05) is 6.92 Å². The van der Waals surface area contributed by atoms with Crippen molar-refractivity contribution in [1.82, 2.24) is 0 Å². The number of unbranched alkanes of at least 4 members (excludes halogenated alkanes) is 6. The molecule has 0 heterocycles. The van der Waals surface area contributed by atoms with Crippen molar-refractivity contribution in [2.45, 2.75) is 95.8 Å². The molecule has 122 valence electrons. The molecule has 21 heavy (non-hydrogen) atoms. The summed E-state index contributed by atoms with van der Waals surface area (Å²) in [5.41, 5.74) is 0. The van der Waals surface area contributed by atoms with Crippen molar-refractivity contribution in [3.63, 3.8) is 0 Å². The molecule has 0 amide bonds. The van der Waals surface area contributed by atoms with Crippen molar-refractivity contribution in [3.8, 4) is 0 Å². The zero-order valence-corrected chi connectivity index (χ0v) is 16.8. The average molecular weight is 330 g/mol. The third-order valence-electron chi connectivity index (χ3n) is 3.71. The van der Waals surface area contributed by atoms with Crippen LogP contribution in [0, 0.1) is 0 Å². The standard InChI is InChI=1S/C15H32O4S.Na/c1-3-5-7-8-9-10-11-14(16)13-15(12-6-4-2)20(17,18)19;/h14-16H,3-13H2,1-2H3,(H,17,18,19);/q;+1/p-1. The Labute approximate surface area is 153 Å². The normalized spacial score (nSPS) is 14.5. The van der Waals surface area contributed by atoms with Crippen molar-refractivity contribution in [1.29, 1.82) is 0 Å². The van der Waals surface area contributed by atoms with Gasteiger partial charge in [-0.1, -0.05) is 65.2 Å². The van der Waals surface area contributed by atoms with Gasteiger partial charge in [0.2, 0.25) is 0 Å². The van der Waals surface area contributed by atoms with Crippen LogP contribution in [-0.2, 0) is 10.1 Å². The smallest absolute Gasteiger partial charge is 0.748 e. The van der Waals surface area contributed by atoms with Crippen LogP contribution in [0.1, 0.15) is 84.5 Å². The predicted molar refractivity (Wildman–Crippen MR) is 81.6 cm³/mol. The molecular weight excluding hydrogens is 299 g/mol. The maximum atomic E-state index is 11.2. The van der Waals surface area contributed by atoms with Gasteiger partial charge in [-0.2, -0.15) is 0 Å². The Balaban J connectivity index is 0. The molecule has 2 atom stereocenters. The van der Waals surface area contributed by atoms with E-state index in [2.05, 4.69) is 6.92 Å². The quantitative estimate of drug-likeness (QED) is 0.305. The summed E-state index contributed by atoms with van der Waals surface area (Å²) >= 11 is 0. The summed E-state index contributed by atoms with van der Waals surface area (Å²) in [6.07, 6.45) is 8.81. The van der Waals surface area contributed by atoms with Gasteiger partial charge in [-0.3, -0.25) is 0 Å². The molecule has 0 aliphatic rings. The molecule has 0 aromatic carbocycles. The fourth-order valence-corrected chi connectivity index (χ4v) is 3.31. The van der Waals surface area contributed by atoms with E-state index >= 15 is 0 Å². The second-order valence-corrected chi connectivity index (χ2v) is 7.36. The van der Waals surface area contributed by atoms with Gasteiger partial charge in [-0.05, 0) is 19.3 Å². The number of hydrogen-bond acceptors (Lipinski definition) is 4. The van der Waals surface area contributed by atoms with Gasteiger partial charge < -0.3 is 9.66 Å². The van der Waals surface area contributed by atoms with Crippen LogP contribution in [0.25, 0.3) is 0 Å². The van der Waals surface area contributed by atoms with Gasteiger partial charge in [-0.25, -0.2) is 8.42 Å². The third kappa shape index (κ3) is 14.2. The Kier molecular flexibility index (Phi) is 16.6. The Morgan fingerprint density at radius 3 is 1.95 bits per heavy atom. The topological polar surface area (TPSA) is 77.4 Å². The van der Waals surface area contributed by atoms with Crippen LogP contribution >= 0.6 is 0 Å². The molecule has 0 bridgehead atoms. The van der Waals surface area contributed by atoms with Gasteiger partial charge in [0.15, 0.2) is 0 Å². The van der Waals surface area contributed by atoms with Crippen LogP contribution < -0.4 is 29.6 Å². The van der Waals surface area contributed by atoms with Crippen LogP contribution in [0.3, 0.4) is 0 Å². The minimum absolute atomic E-state index is 0. The molecule has 4 nitrogen and oxygen atoms in total. The molecule has 0 aliphatic heterocycles. The third-order valence-corrected chi connectivity index (χ3v) is 4.96. The van der Waals surface area contributed by atoms with Crippen LogP contribution in [0.5, 0.6) is 0 Å². The first-order valence-electron chi connectivity index (χ1n) is 8.04. The molecule has 6 heteroatoms. The van der Waals surface area contributed by atoms with E-state index in [9.17, 15) is 18.1 Å². The number of rotatable bonds is 13. The number of aliphatic hydroxyl groups excluding tert-OH is 1.